The second kappa shape index (κ2) is 5.85. The minimum Gasteiger partial charge on any atom is -0.495 e. The van der Waals surface area contributed by atoms with Crippen molar-refractivity contribution in [2.24, 2.45) is 0 Å². The Bertz CT molecular complexity index is 667. The van der Waals surface area contributed by atoms with Crippen LogP contribution in [0.5, 0.6) is 5.75 Å². The van der Waals surface area contributed by atoms with Crippen LogP contribution in [0.1, 0.15) is 10.6 Å². The van der Waals surface area contributed by atoms with Crippen molar-refractivity contribution in [1.82, 2.24) is 0 Å². The first-order valence-electron chi connectivity index (χ1n) is 5.80. The third kappa shape index (κ3) is 2.75. The average Bonchev–Trinajstić information content (AvgIpc) is 2.94. The molecule has 20 heavy (non-hydrogen) atoms. The lowest BCUT2D eigenvalue weighted by Gasteiger charge is -2.05. The Labute approximate surface area is 116 Å². The number of hydrogen-bond donors (Lipinski definition) is 1. The number of methoxy groups -OCH3 is 1. The van der Waals surface area contributed by atoms with Gasteiger partial charge in [0.15, 0.2) is 6.61 Å². The van der Waals surface area contributed by atoms with Crippen LogP contribution >= 0.6 is 0 Å². The summed E-state index contributed by atoms with van der Waals surface area (Å²) in [6, 6.07) is 8.39. The van der Waals surface area contributed by atoms with Gasteiger partial charge in [-0.05, 0) is 30.3 Å². The number of benzene rings is 1. The van der Waals surface area contributed by atoms with Gasteiger partial charge < -0.3 is 19.6 Å². The van der Waals surface area contributed by atoms with Gasteiger partial charge in [-0.3, -0.25) is 0 Å². The Morgan fingerprint density at radius 3 is 2.85 bits per heavy atom. The molecule has 1 aromatic carbocycles. The van der Waals surface area contributed by atoms with E-state index < -0.39 is 5.97 Å². The first-order chi connectivity index (χ1) is 9.65. The summed E-state index contributed by atoms with van der Waals surface area (Å²) in [5.41, 5.74) is 7.04. The zero-order valence-corrected chi connectivity index (χ0v) is 10.9. The second-order valence-corrected chi connectivity index (χ2v) is 3.90. The van der Waals surface area contributed by atoms with Gasteiger partial charge in [0, 0.05) is 5.56 Å². The molecular formula is C15H13NO4. The van der Waals surface area contributed by atoms with E-state index in [9.17, 15) is 4.79 Å². The van der Waals surface area contributed by atoms with Crippen LogP contribution in [0.25, 0.3) is 11.3 Å². The number of hydrogen-bond acceptors (Lipinski definition) is 5. The Hall–Kier alpha value is -2.87. The summed E-state index contributed by atoms with van der Waals surface area (Å²) in [7, 11) is 1.54. The summed E-state index contributed by atoms with van der Waals surface area (Å²) in [6.07, 6.45) is 5.01. The Balaban J connectivity index is 2.22. The van der Waals surface area contributed by atoms with Crippen molar-refractivity contribution in [3.63, 3.8) is 0 Å². The van der Waals surface area contributed by atoms with Crippen molar-refractivity contribution < 1.29 is 18.7 Å². The van der Waals surface area contributed by atoms with E-state index in [4.69, 9.17) is 26.0 Å². The molecule has 0 saturated carbocycles. The van der Waals surface area contributed by atoms with Crippen LogP contribution in [0.3, 0.4) is 0 Å². The first-order valence-corrected chi connectivity index (χ1v) is 5.80. The van der Waals surface area contributed by atoms with Gasteiger partial charge in [-0.25, -0.2) is 4.79 Å². The van der Waals surface area contributed by atoms with E-state index in [0.29, 0.717) is 17.2 Å². The molecule has 102 valence electrons. The molecule has 0 fully saturated rings. The smallest absolute Gasteiger partial charge is 0.375 e. The topological polar surface area (TPSA) is 74.7 Å². The van der Waals surface area contributed by atoms with Gasteiger partial charge in [-0.1, -0.05) is 5.92 Å². The summed E-state index contributed by atoms with van der Waals surface area (Å²) in [4.78, 5) is 11.6. The lowest BCUT2D eigenvalue weighted by atomic mass is 10.1. The number of nitrogen functional groups attached to an aromatic ring is 1. The number of ether oxygens (including phenoxy) is 2. The van der Waals surface area contributed by atoms with Crippen LogP contribution in [0, 0.1) is 12.3 Å². The maximum Gasteiger partial charge on any atom is 0.375 e. The Morgan fingerprint density at radius 1 is 1.40 bits per heavy atom. The van der Waals surface area contributed by atoms with E-state index in [2.05, 4.69) is 5.92 Å². The van der Waals surface area contributed by atoms with E-state index in [0.717, 1.165) is 5.56 Å². The summed E-state index contributed by atoms with van der Waals surface area (Å²) in [5, 5.41) is 0. The molecule has 0 aliphatic rings. The van der Waals surface area contributed by atoms with E-state index in [1.54, 1.807) is 24.3 Å². The van der Waals surface area contributed by atoms with Crippen LogP contribution < -0.4 is 10.5 Å². The molecule has 0 bridgehead atoms. The van der Waals surface area contributed by atoms with Crippen LogP contribution in [-0.2, 0) is 4.74 Å². The van der Waals surface area contributed by atoms with E-state index in [-0.39, 0.29) is 12.4 Å². The number of esters is 1. The van der Waals surface area contributed by atoms with Crippen molar-refractivity contribution in [2.75, 3.05) is 19.5 Å². The number of rotatable bonds is 4. The first kappa shape index (κ1) is 13.6. The fourth-order valence-electron chi connectivity index (χ4n) is 1.67. The maximum absolute atomic E-state index is 11.6. The highest BCUT2D eigenvalue weighted by molar-refractivity contribution is 5.87. The van der Waals surface area contributed by atoms with Gasteiger partial charge in [0.05, 0.1) is 12.8 Å². The van der Waals surface area contributed by atoms with Gasteiger partial charge in [0.2, 0.25) is 5.76 Å². The molecule has 0 aliphatic carbocycles. The molecule has 2 N–H and O–H groups in total. The highest BCUT2D eigenvalue weighted by atomic mass is 16.5. The monoisotopic (exact) mass is 271 g/mol. The fraction of sp³-hybridized carbons (Fsp3) is 0.133. The third-order valence-electron chi connectivity index (χ3n) is 2.61. The molecule has 0 saturated heterocycles. The van der Waals surface area contributed by atoms with Crippen molar-refractivity contribution in [3.05, 3.63) is 36.1 Å². The largest absolute Gasteiger partial charge is 0.495 e. The predicted molar refractivity (Wildman–Crippen MR) is 74.2 cm³/mol. The number of terminal acetylenes is 1. The van der Waals surface area contributed by atoms with Gasteiger partial charge in [-0.2, -0.15) is 0 Å². The molecule has 5 nitrogen and oxygen atoms in total. The van der Waals surface area contributed by atoms with Crippen molar-refractivity contribution >= 4 is 11.7 Å². The Kier molecular flexibility index (Phi) is 3.96. The molecule has 0 aliphatic heterocycles. The number of nitrogens with two attached hydrogens (primary N) is 1. The van der Waals surface area contributed by atoms with Crippen LogP contribution in [0.2, 0.25) is 0 Å². The van der Waals surface area contributed by atoms with Crippen LogP contribution in [0.4, 0.5) is 5.69 Å². The standard InChI is InChI=1S/C15H13NO4/c1-3-8-19-15(17)14-7-6-12(20-14)10-4-5-13(18-2)11(16)9-10/h1,4-7,9H,8,16H2,2H3. The lowest BCUT2D eigenvalue weighted by molar-refractivity contribution is 0.0521. The number of carbonyl (C=O) groups excluding carboxylic acids is 1. The molecule has 2 rings (SSSR count). The molecule has 0 atom stereocenters. The van der Waals surface area contributed by atoms with Crippen LogP contribution in [0.15, 0.2) is 34.7 Å². The molecular weight excluding hydrogens is 258 g/mol. The predicted octanol–water partition coefficient (Wildman–Crippen LogP) is 2.33. The molecule has 1 aromatic heterocycles. The second-order valence-electron chi connectivity index (χ2n) is 3.90. The summed E-state index contributed by atoms with van der Waals surface area (Å²) < 4.78 is 15.3. The zero-order valence-electron chi connectivity index (χ0n) is 10.9. The van der Waals surface area contributed by atoms with Gasteiger partial charge in [0.1, 0.15) is 11.5 Å². The normalized spacial score (nSPS) is 9.80. The molecule has 0 spiro atoms. The summed E-state index contributed by atoms with van der Waals surface area (Å²) >= 11 is 0. The molecule has 0 unspecified atom stereocenters. The minimum absolute atomic E-state index is 0.0876. The third-order valence-corrected chi connectivity index (χ3v) is 2.61. The average molecular weight is 271 g/mol. The Morgan fingerprint density at radius 2 is 2.20 bits per heavy atom. The SMILES string of the molecule is C#CCOC(=O)c1ccc(-c2ccc(OC)c(N)c2)o1. The summed E-state index contributed by atoms with van der Waals surface area (Å²) in [6.45, 7) is -0.0929. The van der Waals surface area contributed by atoms with E-state index in [1.165, 1.54) is 13.2 Å². The highest BCUT2D eigenvalue weighted by Crippen LogP contribution is 2.29. The minimum atomic E-state index is -0.601. The molecule has 0 amide bonds. The van der Waals surface area contributed by atoms with E-state index in [1.807, 2.05) is 0 Å². The van der Waals surface area contributed by atoms with Crippen molar-refractivity contribution in [2.45, 2.75) is 0 Å². The molecule has 5 heteroatoms. The quantitative estimate of drug-likeness (QED) is 0.524. The number of anilines is 1. The maximum atomic E-state index is 11.6. The molecule has 1 heterocycles. The van der Waals surface area contributed by atoms with Gasteiger partial charge >= 0.3 is 5.97 Å². The zero-order chi connectivity index (χ0) is 14.5. The fourth-order valence-corrected chi connectivity index (χ4v) is 1.67. The van der Waals surface area contributed by atoms with Gasteiger partial charge in [-0.15, -0.1) is 6.42 Å². The van der Waals surface area contributed by atoms with E-state index >= 15 is 0 Å². The number of carbonyl (C=O) groups is 1. The van der Waals surface area contributed by atoms with Crippen molar-refractivity contribution in [3.8, 4) is 29.4 Å². The highest BCUT2D eigenvalue weighted by Gasteiger charge is 2.14. The summed E-state index contributed by atoms with van der Waals surface area (Å²) in [5.74, 6) is 2.78. The van der Waals surface area contributed by atoms with Crippen LogP contribution in [-0.4, -0.2) is 19.7 Å². The number of furan rings is 1. The lowest BCUT2D eigenvalue weighted by Crippen LogP contribution is -2.03. The molecule has 0 radical (unpaired) electrons. The van der Waals surface area contributed by atoms with Crippen molar-refractivity contribution in [1.29, 1.82) is 0 Å². The van der Waals surface area contributed by atoms with Gasteiger partial charge in [0.25, 0.3) is 0 Å². The molecule has 2 aromatic rings.